The predicted octanol–water partition coefficient (Wildman–Crippen LogP) is 0.877. The third-order valence-electron chi connectivity index (χ3n) is 3.39. The first kappa shape index (κ1) is 7.56. The van der Waals surface area contributed by atoms with Crippen LogP contribution >= 0.6 is 0 Å². The summed E-state index contributed by atoms with van der Waals surface area (Å²) >= 11 is 0. The van der Waals surface area contributed by atoms with Gasteiger partial charge in [0.15, 0.2) is 0 Å². The normalized spacial score (nSPS) is 47.5. The van der Waals surface area contributed by atoms with Gasteiger partial charge in [-0.3, -0.25) is 0 Å². The van der Waals surface area contributed by atoms with Gasteiger partial charge in [-0.1, -0.05) is 0 Å². The molecule has 0 aliphatic heterocycles. The molecule has 2 rings (SSSR count). The summed E-state index contributed by atoms with van der Waals surface area (Å²) in [6, 6.07) is 0.804. The predicted molar refractivity (Wildman–Crippen MR) is 44.4 cm³/mol. The summed E-state index contributed by atoms with van der Waals surface area (Å²) in [7, 11) is 3.88. The van der Waals surface area contributed by atoms with Crippen LogP contribution in [0.15, 0.2) is 0 Å². The van der Waals surface area contributed by atoms with Crippen LogP contribution in [0.5, 0.6) is 0 Å². The molecule has 4 atom stereocenters. The van der Waals surface area contributed by atoms with E-state index in [1.807, 2.05) is 7.11 Å². The highest BCUT2D eigenvalue weighted by Crippen LogP contribution is 2.57. The molecule has 0 aromatic rings. The van der Waals surface area contributed by atoms with Crippen molar-refractivity contribution >= 4 is 0 Å². The molecule has 2 unspecified atom stereocenters. The summed E-state index contributed by atoms with van der Waals surface area (Å²) < 4.78 is 5.15. The molecular weight excluding hydrogens is 138 g/mol. The molecule has 0 bridgehead atoms. The zero-order valence-corrected chi connectivity index (χ0v) is 7.34. The molecule has 0 aromatic carbocycles. The van der Waals surface area contributed by atoms with E-state index in [0.29, 0.717) is 0 Å². The molecule has 0 saturated heterocycles. The fourth-order valence-corrected chi connectivity index (χ4v) is 2.65. The molecule has 2 nitrogen and oxygen atoms in total. The van der Waals surface area contributed by atoms with Crippen LogP contribution in [0.4, 0.5) is 0 Å². The number of hydrogen-bond acceptors (Lipinski definition) is 2. The highest BCUT2D eigenvalue weighted by atomic mass is 16.5. The van der Waals surface area contributed by atoms with Gasteiger partial charge in [-0.2, -0.15) is 0 Å². The molecule has 2 heteroatoms. The van der Waals surface area contributed by atoms with Gasteiger partial charge in [-0.05, 0) is 37.6 Å². The Kier molecular flexibility index (Phi) is 1.90. The van der Waals surface area contributed by atoms with Crippen molar-refractivity contribution in [1.29, 1.82) is 0 Å². The summed E-state index contributed by atoms with van der Waals surface area (Å²) in [5.41, 5.74) is 0. The second kappa shape index (κ2) is 2.76. The van der Waals surface area contributed by atoms with E-state index in [2.05, 4.69) is 12.4 Å². The summed E-state index contributed by atoms with van der Waals surface area (Å²) in [5.74, 6) is 2.89. The fourth-order valence-electron chi connectivity index (χ4n) is 2.65. The molecule has 2 saturated carbocycles. The van der Waals surface area contributed by atoms with Gasteiger partial charge in [0.25, 0.3) is 0 Å². The molecular formula is C9H17NO. The Morgan fingerprint density at radius 1 is 1.36 bits per heavy atom. The van der Waals surface area contributed by atoms with Crippen molar-refractivity contribution in [3.63, 3.8) is 0 Å². The van der Waals surface area contributed by atoms with Gasteiger partial charge >= 0.3 is 0 Å². The Morgan fingerprint density at radius 2 is 2.00 bits per heavy atom. The van der Waals surface area contributed by atoms with Crippen LogP contribution in [0.25, 0.3) is 0 Å². The van der Waals surface area contributed by atoms with Gasteiger partial charge in [-0.15, -0.1) is 0 Å². The molecule has 1 N–H and O–H groups in total. The lowest BCUT2D eigenvalue weighted by Gasteiger charge is -2.11. The molecule has 2 fully saturated rings. The second-order valence-electron chi connectivity index (χ2n) is 3.90. The van der Waals surface area contributed by atoms with Crippen molar-refractivity contribution in [2.75, 3.05) is 20.8 Å². The van der Waals surface area contributed by atoms with E-state index in [1.54, 1.807) is 0 Å². The van der Waals surface area contributed by atoms with E-state index < -0.39 is 0 Å². The maximum Gasteiger partial charge on any atom is 0.0496 e. The van der Waals surface area contributed by atoms with Crippen molar-refractivity contribution in [3.8, 4) is 0 Å². The third kappa shape index (κ3) is 1.18. The molecule has 2 aliphatic carbocycles. The lowest BCUT2D eigenvalue weighted by molar-refractivity contribution is 0.171. The number of ether oxygens (including phenoxy) is 1. The van der Waals surface area contributed by atoms with E-state index in [9.17, 15) is 0 Å². The Labute approximate surface area is 68.3 Å². The van der Waals surface area contributed by atoms with Crippen molar-refractivity contribution in [3.05, 3.63) is 0 Å². The van der Waals surface area contributed by atoms with Gasteiger partial charge in [0, 0.05) is 19.8 Å². The lowest BCUT2D eigenvalue weighted by Crippen LogP contribution is -2.24. The number of methoxy groups -OCH3 is 1. The Balaban J connectivity index is 1.77. The first-order valence-electron chi connectivity index (χ1n) is 4.53. The SMILES string of the molecule is CNC1C[C@@H]2C(COC)[C@@H]2C1. The maximum absolute atomic E-state index is 5.15. The topological polar surface area (TPSA) is 21.3 Å². The van der Waals surface area contributed by atoms with E-state index in [4.69, 9.17) is 4.74 Å². The monoisotopic (exact) mass is 155 g/mol. The summed E-state index contributed by atoms with van der Waals surface area (Å²) in [5, 5.41) is 3.35. The molecule has 64 valence electrons. The van der Waals surface area contributed by atoms with Gasteiger partial charge in [0.05, 0.1) is 0 Å². The van der Waals surface area contributed by atoms with Crippen LogP contribution in [-0.2, 0) is 4.74 Å². The number of nitrogens with one attached hydrogen (secondary N) is 1. The van der Waals surface area contributed by atoms with E-state index in [0.717, 1.165) is 30.4 Å². The summed E-state index contributed by atoms with van der Waals surface area (Å²) in [6.45, 7) is 0.992. The first-order valence-corrected chi connectivity index (χ1v) is 4.53. The van der Waals surface area contributed by atoms with Gasteiger partial charge in [0.2, 0.25) is 0 Å². The zero-order chi connectivity index (χ0) is 7.84. The standard InChI is InChI=1S/C9H17NO/c1-10-6-3-7-8(4-6)9(7)5-11-2/h6-10H,3-5H2,1-2H3/t6?,7-,8+,9?. The van der Waals surface area contributed by atoms with Gasteiger partial charge in [-0.25, -0.2) is 0 Å². The lowest BCUT2D eigenvalue weighted by atomic mass is 10.1. The maximum atomic E-state index is 5.15. The molecule has 0 aromatic heterocycles. The minimum absolute atomic E-state index is 0.804. The quantitative estimate of drug-likeness (QED) is 0.653. The Morgan fingerprint density at radius 3 is 2.45 bits per heavy atom. The molecule has 11 heavy (non-hydrogen) atoms. The summed E-state index contributed by atoms with van der Waals surface area (Å²) in [6.07, 6.45) is 2.77. The van der Waals surface area contributed by atoms with Crippen LogP contribution in [-0.4, -0.2) is 26.8 Å². The average molecular weight is 155 g/mol. The molecule has 0 heterocycles. The molecule has 0 radical (unpaired) electrons. The molecule has 2 aliphatic rings. The first-order chi connectivity index (χ1) is 5.36. The third-order valence-corrected chi connectivity index (χ3v) is 3.39. The average Bonchev–Trinajstić information content (AvgIpc) is 2.48. The van der Waals surface area contributed by atoms with Crippen LogP contribution in [0, 0.1) is 17.8 Å². The van der Waals surface area contributed by atoms with Crippen molar-refractivity contribution in [1.82, 2.24) is 5.32 Å². The van der Waals surface area contributed by atoms with Crippen LogP contribution < -0.4 is 5.32 Å². The number of rotatable bonds is 3. The van der Waals surface area contributed by atoms with Crippen molar-refractivity contribution in [2.24, 2.45) is 17.8 Å². The smallest absolute Gasteiger partial charge is 0.0496 e. The Hall–Kier alpha value is -0.0800. The zero-order valence-electron chi connectivity index (χ0n) is 7.34. The van der Waals surface area contributed by atoms with Crippen LogP contribution in [0.1, 0.15) is 12.8 Å². The molecule has 0 amide bonds. The van der Waals surface area contributed by atoms with Gasteiger partial charge in [0.1, 0.15) is 0 Å². The minimum atomic E-state index is 0.804. The van der Waals surface area contributed by atoms with Crippen LogP contribution in [0.2, 0.25) is 0 Å². The number of fused-ring (bicyclic) bond motifs is 1. The number of hydrogen-bond donors (Lipinski definition) is 1. The van der Waals surface area contributed by atoms with E-state index in [-0.39, 0.29) is 0 Å². The van der Waals surface area contributed by atoms with E-state index >= 15 is 0 Å². The highest BCUT2D eigenvalue weighted by Gasteiger charge is 2.55. The Bertz CT molecular complexity index is 136. The van der Waals surface area contributed by atoms with E-state index in [1.165, 1.54) is 12.8 Å². The minimum Gasteiger partial charge on any atom is -0.384 e. The molecule has 0 spiro atoms. The second-order valence-corrected chi connectivity index (χ2v) is 3.90. The largest absolute Gasteiger partial charge is 0.384 e. The summed E-state index contributed by atoms with van der Waals surface area (Å²) in [4.78, 5) is 0. The van der Waals surface area contributed by atoms with Crippen LogP contribution in [0.3, 0.4) is 0 Å². The fraction of sp³-hybridized carbons (Fsp3) is 1.00. The van der Waals surface area contributed by atoms with Gasteiger partial charge < -0.3 is 10.1 Å². The van der Waals surface area contributed by atoms with Crippen molar-refractivity contribution in [2.45, 2.75) is 18.9 Å². The van der Waals surface area contributed by atoms with Crippen molar-refractivity contribution < 1.29 is 4.74 Å². The highest BCUT2D eigenvalue weighted by molar-refractivity contribution is 5.05.